The number of thiophene rings is 1. The molecular weight excluding hydrogens is 382 g/mol. The van der Waals surface area contributed by atoms with Crippen molar-refractivity contribution in [3.8, 4) is 0 Å². The molecule has 0 saturated carbocycles. The SMILES string of the molecule is O=C(NCc1ccccc1CN1CCCC1)[C@H]1CCCN(C(=O)c2cccs2)C1. The summed E-state index contributed by atoms with van der Waals surface area (Å²) in [7, 11) is 0. The first-order valence-corrected chi connectivity index (χ1v) is 11.5. The second-order valence-electron chi connectivity index (χ2n) is 8.04. The number of amides is 2. The van der Waals surface area contributed by atoms with Crippen LogP contribution < -0.4 is 5.32 Å². The fraction of sp³-hybridized carbons (Fsp3) is 0.478. The molecule has 4 rings (SSSR count). The van der Waals surface area contributed by atoms with E-state index >= 15 is 0 Å². The summed E-state index contributed by atoms with van der Waals surface area (Å²) in [6.07, 6.45) is 4.28. The molecule has 1 atom stereocenters. The number of rotatable bonds is 6. The molecule has 0 bridgehead atoms. The van der Waals surface area contributed by atoms with E-state index in [2.05, 4.69) is 28.4 Å². The number of hydrogen-bond donors (Lipinski definition) is 1. The Balaban J connectivity index is 1.33. The van der Waals surface area contributed by atoms with Crippen LogP contribution in [0.4, 0.5) is 0 Å². The largest absolute Gasteiger partial charge is 0.352 e. The van der Waals surface area contributed by atoms with E-state index in [1.54, 1.807) is 0 Å². The van der Waals surface area contributed by atoms with Crippen LogP contribution >= 0.6 is 11.3 Å². The number of nitrogens with one attached hydrogen (secondary N) is 1. The maximum absolute atomic E-state index is 12.8. The summed E-state index contributed by atoms with van der Waals surface area (Å²) in [6, 6.07) is 12.1. The number of benzene rings is 1. The molecule has 0 aliphatic carbocycles. The predicted molar refractivity (Wildman–Crippen MR) is 116 cm³/mol. The van der Waals surface area contributed by atoms with Crippen LogP contribution in [0.25, 0.3) is 0 Å². The van der Waals surface area contributed by atoms with Crippen LogP contribution in [0, 0.1) is 5.92 Å². The van der Waals surface area contributed by atoms with Crippen LogP contribution in [-0.4, -0.2) is 47.8 Å². The molecule has 2 saturated heterocycles. The lowest BCUT2D eigenvalue weighted by atomic mass is 9.96. The number of piperidine rings is 1. The standard InChI is InChI=1S/C23H29N3O2S/c27-22(20-9-5-13-26(17-20)23(28)21-10-6-14-29-21)24-15-18-7-1-2-8-19(18)16-25-11-3-4-12-25/h1-2,6-8,10,14,20H,3-5,9,11-13,15-17H2,(H,24,27)/t20-/m0/s1. The Labute approximate surface area is 176 Å². The van der Waals surface area contributed by atoms with E-state index in [1.807, 2.05) is 28.5 Å². The zero-order valence-corrected chi connectivity index (χ0v) is 17.6. The highest BCUT2D eigenvalue weighted by Crippen LogP contribution is 2.21. The van der Waals surface area contributed by atoms with Crippen LogP contribution in [0.1, 0.15) is 46.5 Å². The highest BCUT2D eigenvalue weighted by atomic mass is 32.1. The molecule has 5 nitrogen and oxygen atoms in total. The van der Waals surface area contributed by atoms with E-state index in [0.717, 1.165) is 43.9 Å². The molecule has 29 heavy (non-hydrogen) atoms. The molecule has 1 aromatic heterocycles. The fourth-order valence-electron chi connectivity index (χ4n) is 4.32. The van der Waals surface area contributed by atoms with Gasteiger partial charge in [0.05, 0.1) is 10.8 Å². The molecular formula is C23H29N3O2S. The van der Waals surface area contributed by atoms with E-state index in [0.29, 0.717) is 13.1 Å². The van der Waals surface area contributed by atoms with Gasteiger partial charge in [0.25, 0.3) is 5.91 Å². The van der Waals surface area contributed by atoms with Gasteiger partial charge in [-0.3, -0.25) is 14.5 Å². The minimum absolute atomic E-state index is 0.0495. The molecule has 2 aromatic rings. The summed E-state index contributed by atoms with van der Waals surface area (Å²) in [5.74, 6) is -0.0171. The van der Waals surface area contributed by atoms with Gasteiger partial charge in [-0.05, 0) is 61.3 Å². The fourth-order valence-corrected chi connectivity index (χ4v) is 5.02. The highest BCUT2D eigenvalue weighted by molar-refractivity contribution is 7.12. The van der Waals surface area contributed by atoms with Gasteiger partial charge in [-0.25, -0.2) is 0 Å². The Morgan fingerprint density at radius 2 is 1.79 bits per heavy atom. The average Bonchev–Trinajstić information content (AvgIpc) is 3.47. The van der Waals surface area contributed by atoms with Crippen LogP contribution in [-0.2, 0) is 17.9 Å². The number of nitrogens with zero attached hydrogens (tertiary/aromatic N) is 2. The van der Waals surface area contributed by atoms with Gasteiger partial charge in [0.15, 0.2) is 0 Å². The van der Waals surface area contributed by atoms with E-state index in [1.165, 1.54) is 35.3 Å². The van der Waals surface area contributed by atoms with Crippen molar-refractivity contribution in [2.75, 3.05) is 26.2 Å². The van der Waals surface area contributed by atoms with Crippen molar-refractivity contribution in [3.63, 3.8) is 0 Å². The predicted octanol–water partition coefficient (Wildman–Crippen LogP) is 3.51. The monoisotopic (exact) mass is 411 g/mol. The van der Waals surface area contributed by atoms with Gasteiger partial charge >= 0.3 is 0 Å². The maximum atomic E-state index is 12.8. The Bertz CT molecular complexity index is 830. The lowest BCUT2D eigenvalue weighted by Gasteiger charge is -2.31. The molecule has 1 N–H and O–H groups in total. The van der Waals surface area contributed by atoms with Crippen molar-refractivity contribution in [2.24, 2.45) is 5.92 Å². The minimum atomic E-state index is -0.126. The summed E-state index contributed by atoms with van der Waals surface area (Å²) in [4.78, 5) is 30.5. The third kappa shape index (κ3) is 5.06. The smallest absolute Gasteiger partial charge is 0.263 e. The van der Waals surface area contributed by atoms with E-state index < -0.39 is 0 Å². The van der Waals surface area contributed by atoms with Gasteiger partial charge in [0, 0.05) is 26.2 Å². The Morgan fingerprint density at radius 3 is 2.55 bits per heavy atom. The van der Waals surface area contributed by atoms with Crippen molar-refractivity contribution >= 4 is 23.2 Å². The molecule has 154 valence electrons. The maximum Gasteiger partial charge on any atom is 0.263 e. The highest BCUT2D eigenvalue weighted by Gasteiger charge is 2.29. The third-order valence-corrected chi connectivity index (χ3v) is 6.83. The molecule has 0 radical (unpaired) electrons. The summed E-state index contributed by atoms with van der Waals surface area (Å²) >= 11 is 1.46. The van der Waals surface area contributed by atoms with Crippen LogP contribution in [0.2, 0.25) is 0 Å². The van der Waals surface area contributed by atoms with E-state index in [9.17, 15) is 9.59 Å². The molecule has 2 fully saturated rings. The average molecular weight is 412 g/mol. The number of carbonyl (C=O) groups is 2. The molecule has 0 spiro atoms. The molecule has 2 aliphatic heterocycles. The van der Waals surface area contributed by atoms with Gasteiger partial charge in [0.2, 0.25) is 5.91 Å². The number of likely N-dealkylation sites (tertiary alicyclic amines) is 2. The lowest BCUT2D eigenvalue weighted by molar-refractivity contribution is -0.126. The Kier molecular flexibility index (Phi) is 6.62. The lowest BCUT2D eigenvalue weighted by Crippen LogP contribution is -2.45. The first kappa shape index (κ1) is 20.1. The van der Waals surface area contributed by atoms with Gasteiger partial charge in [0.1, 0.15) is 0 Å². The van der Waals surface area contributed by atoms with Crippen molar-refractivity contribution in [1.82, 2.24) is 15.1 Å². The number of hydrogen-bond acceptors (Lipinski definition) is 4. The second kappa shape index (κ2) is 9.55. The zero-order valence-electron chi connectivity index (χ0n) is 16.8. The van der Waals surface area contributed by atoms with Crippen LogP contribution in [0.5, 0.6) is 0 Å². The van der Waals surface area contributed by atoms with E-state index in [4.69, 9.17) is 0 Å². The number of carbonyl (C=O) groups excluding carboxylic acids is 2. The molecule has 0 unspecified atom stereocenters. The molecule has 1 aromatic carbocycles. The van der Waals surface area contributed by atoms with Crippen LogP contribution in [0.3, 0.4) is 0 Å². The van der Waals surface area contributed by atoms with Gasteiger partial charge in [-0.2, -0.15) is 0 Å². The molecule has 3 heterocycles. The van der Waals surface area contributed by atoms with Crippen LogP contribution in [0.15, 0.2) is 41.8 Å². The second-order valence-corrected chi connectivity index (χ2v) is 8.99. The summed E-state index contributed by atoms with van der Waals surface area (Å²) in [6.45, 7) is 5.09. The van der Waals surface area contributed by atoms with Crippen molar-refractivity contribution in [1.29, 1.82) is 0 Å². The summed E-state index contributed by atoms with van der Waals surface area (Å²) < 4.78 is 0. The Hall–Kier alpha value is -2.18. The summed E-state index contributed by atoms with van der Waals surface area (Å²) in [5.41, 5.74) is 2.49. The normalized spacial score (nSPS) is 20.0. The van der Waals surface area contributed by atoms with Gasteiger partial charge < -0.3 is 10.2 Å². The quantitative estimate of drug-likeness (QED) is 0.791. The molecule has 2 amide bonds. The van der Waals surface area contributed by atoms with Crippen molar-refractivity contribution in [3.05, 3.63) is 57.8 Å². The third-order valence-electron chi connectivity index (χ3n) is 5.98. The molecule has 6 heteroatoms. The van der Waals surface area contributed by atoms with Crippen molar-refractivity contribution < 1.29 is 9.59 Å². The first-order chi connectivity index (χ1) is 14.2. The summed E-state index contributed by atoms with van der Waals surface area (Å²) in [5, 5.41) is 5.05. The van der Waals surface area contributed by atoms with Gasteiger partial charge in [-0.15, -0.1) is 11.3 Å². The van der Waals surface area contributed by atoms with Gasteiger partial charge in [-0.1, -0.05) is 30.3 Å². The Morgan fingerprint density at radius 1 is 1.00 bits per heavy atom. The van der Waals surface area contributed by atoms with Crippen molar-refractivity contribution in [2.45, 2.75) is 38.8 Å². The topological polar surface area (TPSA) is 52.7 Å². The minimum Gasteiger partial charge on any atom is -0.352 e. The molecule has 2 aliphatic rings. The van der Waals surface area contributed by atoms with E-state index in [-0.39, 0.29) is 17.7 Å². The zero-order chi connectivity index (χ0) is 20.1. The first-order valence-electron chi connectivity index (χ1n) is 10.6.